The normalized spacial score (nSPS) is 15.6. The number of hydrogen-bond donors (Lipinski definition) is 2. The van der Waals surface area contributed by atoms with Crippen molar-refractivity contribution in [1.29, 1.82) is 0 Å². The molecule has 0 radical (unpaired) electrons. The molecule has 0 aromatic rings. The van der Waals surface area contributed by atoms with E-state index in [1.54, 1.807) is 6.92 Å². The number of amides is 1. The van der Waals surface area contributed by atoms with E-state index in [2.05, 4.69) is 5.32 Å². The Hall–Kier alpha value is -1.79. The van der Waals surface area contributed by atoms with Gasteiger partial charge in [0.1, 0.15) is 0 Å². The van der Waals surface area contributed by atoms with Gasteiger partial charge < -0.3 is 19.9 Å². The van der Waals surface area contributed by atoms with Crippen LogP contribution in [0, 0.1) is 5.92 Å². The van der Waals surface area contributed by atoms with Gasteiger partial charge in [-0.15, -0.1) is 0 Å². The van der Waals surface area contributed by atoms with Gasteiger partial charge in [-0.25, -0.2) is 4.79 Å². The molecule has 0 spiro atoms. The summed E-state index contributed by atoms with van der Waals surface area (Å²) < 4.78 is 9.90. The molecule has 0 aromatic heterocycles. The Kier molecular flexibility index (Phi) is 11.7. The van der Waals surface area contributed by atoms with Crippen LogP contribution in [-0.2, 0) is 19.1 Å². The van der Waals surface area contributed by atoms with E-state index in [1.165, 1.54) is 32.1 Å². The third-order valence-corrected chi connectivity index (χ3v) is 3.28. The number of hydrogen-bond acceptors (Lipinski definition) is 5. The molecule has 0 aromatic carbocycles. The highest BCUT2D eigenvalue weighted by Crippen LogP contribution is 2.22. The van der Waals surface area contributed by atoms with E-state index in [0.29, 0.717) is 18.9 Å². The number of alkyl carbamates (subject to hydrolysis) is 1. The van der Waals surface area contributed by atoms with Crippen LogP contribution >= 0.6 is 0 Å². The summed E-state index contributed by atoms with van der Waals surface area (Å²) in [4.78, 5) is 31.7. The van der Waals surface area contributed by atoms with E-state index in [0.717, 1.165) is 13.3 Å². The number of rotatable bonds is 6. The fourth-order valence-corrected chi connectivity index (χ4v) is 2.28. The number of carboxylic acid groups (broad SMARTS) is 1. The lowest BCUT2D eigenvalue weighted by Crippen LogP contribution is -2.34. The maximum atomic E-state index is 11.5. The maximum Gasteiger partial charge on any atom is 0.410 e. The Bertz CT molecular complexity index is 362. The number of carboxylic acids is 1. The second-order valence-corrected chi connectivity index (χ2v) is 5.62. The average Bonchev–Trinajstić information content (AvgIpc) is 2.45. The minimum absolute atomic E-state index is 0.338. The van der Waals surface area contributed by atoms with E-state index in [-0.39, 0.29) is 5.97 Å². The maximum absolute atomic E-state index is 11.5. The molecule has 1 rings (SSSR count). The summed E-state index contributed by atoms with van der Waals surface area (Å²) in [7, 11) is 0. The molecule has 1 amide bonds. The van der Waals surface area contributed by atoms with Crippen LogP contribution < -0.4 is 5.32 Å². The molecule has 0 saturated heterocycles. The Morgan fingerprint density at radius 3 is 2.26 bits per heavy atom. The van der Waals surface area contributed by atoms with Crippen molar-refractivity contribution in [3.05, 3.63) is 0 Å². The van der Waals surface area contributed by atoms with Crippen LogP contribution in [0.2, 0.25) is 0 Å². The largest absolute Gasteiger partial charge is 0.481 e. The Morgan fingerprint density at radius 2 is 1.74 bits per heavy atom. The van der Waals surface area contributed by atoms with Crippen molar-refractivity contribution in [1.82, 2.24) is 5.32 Å². The standard InChI is InChI=1S/C14H25NO4.C2H4O2/c1-3-7-13(16)18-11(2)19-14(17)15-10-12-8-5-4-6-9-12;1-2(3)4/h11-12H,3-10H2,1-2H3,(H,15,17);1H3,(H,3,4). The van der Waals surface area contributed by atoms with Gasteiger partial charge in [0.2, 0.25) is 6.29 Å². The molecule has 1 saturated carbocycles. The zero-order valence-corrected chi connectivity index (χ0v) is 14.3. The Balaban J connectivity index is 0.00000108. The Labute approximate surface area is 137 Å². The van der Waals surface area contributed by atoms with E-state index >= 15 is 0 Å². The second kappa shape index (κ2) is 12.7. The number of ether oxygens (including phenoxy) is 2. The van der Waals surface area contributed by atoms with Gasteiger partial charge in [-0.1, -0.05) is 26.2 Å². The smallest absolute Gasteiger partial charge is 0.410 e. The van der Waals surface area contributed by atoms with Gasteiger partial charge in [-0.2, -0.15) is 0 Å². The van der Waals surface area contributed by atoms with Gasteiger partial charge in [0.25, 0.3) is 5.97 Å². The van der Waals surface area contributed by atoms with Gasteiger partial charge in [-0.05, 0) is 25.2 Å². The number of carbonyl (C=O) groups is 3. The van der Waals surface area contributed by atoms with Crippen LogP contribution in [0.1, 0.15) is 65.7 Å². The predicted molar refractivity (Wildman–Crippen MR) is 84.8 cm³/mol. The van der Waals surface area contributed by atoms with Gasteiger partial charge in [-0.3, -0.25) is 9.59 Å². The third-order valence-electron chi connectivity index (χ3n) is 3.28. The van der Waals surface area contributed by atoms with Gasteiger partial charge >= 0.3 is 12.1 Å². The molecule has 7 heteroatoms. The van der Waals surface area contributed by atoms with Crippen LogP contribution in [0.3, 0.4) is 0 Å². The van der Waals surface area contributed by atoms with Crippen LogP contribution in [0.25, 0.3) is 0 Å². The zero-order valence-electron chi connectivity index (χ0n) is 14.3. The van der Waals surface area contributed by atoms with Crippen molar-refractivity contribution in [2.24, 2.45) is 5.92 Å². The molecule has 1 fully saturated rings. The lowest BCUT2D eigenvalue weighted by atomic mass is 9.89. The van der Waals surface area contributed by atoms with Gasteiger partial charge in [0.05, 0.1) is 0 Å². The lowest BCUT2D eigenvalue weighted by molar-refractivity contribution is -0.164. The molecule has 23 heavy (non-hydrogen) atoms. The first-order valence-electron chi connectivity index (χ1n) is 8.18. The summed E-state index contributed by atoms with van der Waals surface area (Å²) in [6, 6.07) is 0. The number of aliphatic carboxylic acids is 1. The summed E-state index contributed by atoms with van der Waals surface area (Å²) in [5.41, 5.74) is 0. The third kappa shape index (κ3) is 13.6. The van der Waals surface area contributed by atoms with Gasteiger partial charge in [0.15, 0.2) is 0 Å². The molecule has 0 bridgehead atoms. The van der Waals surface area contributed by atoms with Crippen LogP contribution in [0.4, 0.5) is 4.79 Å². The fourth-order valence-electron chi connectivity index (χ4n) is 2.28. The first kappa shape index (κ1) is 21.2. The van der Waals surface area contributed by atoms with Gasteiger partial charge in [0, 0.05) is 26.8 Å². The van der Waals surface area contributed by atoms with E-state index in [1.807, 2.05) is 6.92 Å². The van der Waals surface area contributed by atoms with E-state index < -0.39 is 18.4 Å². The fraction of sp³-hybridized carbons (Fsp3) is 0.812. The highest BCUT2D eigenvalue weighted by Gasteiger charge is 2.17. The molecular formula is C16H29NO6. The molecule has 0 heterocycles. The SMILES string of the molecule is CC(=O)O.CCCC(=O)OC(C)OC(=O)NCC1CCCCC1. The van der Waals surface area contributed by atoms with Crippen molar-refractivity contribution in [2.75, 3.05) is 6.54 Å². The van der Waals surface area contributed by atoms with Crippen LogP contribution in [0.15, 0.2) is 0 Å². The van der Waals surface area contributed by atoms with Crippen molar-refractivity contribution in [2.45, 2.75) is 72.0 Å². The number of nitrogens with one attached hydrogen (secondary N) is 1. The molecule has 1 aliphatic carbocycles. The Morgan fingerprint density at radius 1 is 1.17 bits per heavy atom. The molecule has 1 unspecified atom stereocenters. The molecule has 1 aliphatic rings. The molecule has 134 valence electrons. The minimum Gasteiger partial charge on any atom is -0.481 e. The summed E-state index contributed by atoms with van der Waals surface area (Å²) >= 11 is 0. The first-order chi connectivity index (χ1) is 10.8. The lowest BCUT2D eigenvalue weighted by Gasteiger charge is -2.22. The molecule has 7 nitrogen and oxygen atoms in total. The molecule has 2 N–H and O–H groups in total. The summed E-state index contributed by atoms with van der Waals surface area (Å²) in [5.74, 6) is -0.616. The van der Waals surface area contributed by atoms with Crippen molar-refractivity contribution >= 4 is 18.0 Å². The van der Waals surface area contributed by atoms with Crippen molar-refractivity contribution in [3.63, 3.8) is 0 Å². The van der Waals surface area contributed by atoms with Crippen LogP contribution in [-0.4, -0.2) is 36.0 Å². The van der Waals surface area contributed by atoms with E-state index in [9.17, 15) is 9.59 Å². The quantitative estimate of drug-likeness (QED) is 0.573. The van der Waals surface area contributed by atoms with Crippen molar-refractivity contribution < 1.29 is 29.0 Å². The molecule has 1 atom stereocenters. The zero-order chi connectivity index (χ0) is 17.7. The van der Waals surface area contributed by atoms with Crippen molar-refractivity contribution in [3.8, 4) is 0 Å². The molecule has 0 aliphatic heterocycles. The highest BCUT2D eigenvalue weighted by molar-refractivity contribution is 5.70. The summed E-state index contributed by atoms with van der Waals surface area (Å²) in [6.07, 6.45) is 5.84. The van der Waals surface area contributed by atoms with Crippen LogP contribution in [0.5, 0.6) is 0 Å². The highest BCUT2D eigenvalue weighted by atomic mass is 16.7. The molecular weight excluding hydrogens is 302 g/mol. The summed E-state index contributed by atoms with van der Waals surface area (Å²) in [6.45, 7) is 5.17. The number of carbonyl (C=O) groups excluding carboxylic acids is 2. The number of esters is 1. The monoisotopic (exact) mass is 331 g/mol. The average molecular weight is 331 g/mol. The second-order valence-electron chi connectivity index (χ2n) is 5.62. The predicted octanol–water partition coefficient (Wildman–Crippen LogP) is 3.07. The topological polar surface area (TPSA) is 102 Å². The summed E-state index contributed by atoms with van der Waals surface area (Å²) in [5, 5.41) is 10.2. The van der Waals surface area contributed by atoms with E-state index in [4.69, 9.17) is 19.4 Å². The minimum atomic E-state index is -0.833. The first-order valence-corrected chi connectivity index (χ1v) is 8.18.